The van der Waals surface area contributed by atoms with Gasteiger partial charge in [0.05, 0.1) is 0 Å². The van der Waals surface area contributed by atoms with E-state index in [1.165, 1.54) is 19.3 Å². The van der Waals surface area contributed by atoms with Crippen LogP contribution in [-0.2, 0) is 5.41 Å². The monoisotopic (exact) mass is 230 g/mol. The number of hydrogen-bond acceptors (Lipinski definition) is 1. The normalized spacial score (nSPS) is 38.5. The van der Waals surface area contributed by atoms with Gasteiger partial charge in [-0.1, -0.05) is 39.0 Å². The first-order valence-electron chi connectivity index (χ1n) is 6.76. The van der Waals surface area contributed by atoms with Crippen molar-refractivity contribution in [1.29, 1.82) is 0 Å². The summed E-state index contributed by atoms with van der Waals surface area (Å²) in [5, 5.41) is 10.2. The highest BCUT2D eigenvalue weighted by molar-refractivity contribution is 5.42. The summed E-state index contributed by atoms with van der Waals surface area (Å²) in [6.07, 6.45) is 4.05. The summed E-state index contributed by atoms with van der Waals surface area (Å²) in [6, 6.07) is 7.94. The Morgan fingerprint density at radius 1 is 1.06 bits per heavy atom. The zero-order chi connectivity index (χ0) is 12.3. The SMILES string of the molecule is CC1(C)[C@H]2CC[C@@H](C2)[C@@]1(C)c1ccccc1O. The highest BCUT2D eigenvalue weighted by atomic mass is 16.3. The van der Waals surface area contributed by atoms with Crippen molar-refractivity contribution in [3.05, 3.63) is 29.8 Å². The molecule has 3 atom stereocenters. The van der Waals surface area contributed by atoms with Crippen LogP contribution in [0, 0.1) is 17.3 Å². The molecular weight excluding hydrogens is 208 g/mol. The third-order valence-corrected chi connectivity index (χ3v) is 6.07. The molecule has 1 heteroatoms. The molecule has 0 heterocycles. The summed E-state index contributed by atoms with van der Waals surface area (Å²) in [6.45, 7) is 7.15. The van der Waals surface area contributed by atoms with Gasteiger partial charge in [-0.05, 0) is 42.6 Å². The lowest BCUT2D eigenvalue weighted by Crippen LogP contribution is -2.44. The van der Waals surface area contributed by atoms with Crippen molar-refractivity contribution >= 4 is 0 Å². The molecule has 1 aromatic carbocycles. The van der Waals surface area contributed by atoms with Gasteiger partial charge in [0.2, 0.25) is 0 Å². The quantitative estimate of drug-likeness (QED) is 0.770. The molecule has 2 aliphatic rings. The Kier molecular flexibility index (Phi) is 2.14. The van der Waals surface area contributed by atoms with Crippen LogP contribution in [0.1, 0.15) is 45.6 Å². The number of fused-ring (bicyclic) bond motifs is 2. The molecule has 0 unspecified atom stereocenters. The van der Waals surface area contributed by atoms with E-state index in [-0.39, 0.29) is 5.41 Å². The van der Waals surface area contributed by atoms with Crippen molar-refractivity contribution in [3.8, 4) is 5.75 Å². The second-order valence-electron chi connectivity index (χ2n) is 6.65. The minimum Gasteiger partial charge on any atom is -0.508 e. The van der Waals surface area contributed by atoms with Crippen LogP contribution >= 0.6 is 0 Å². The lowest BCUT2D eigenvalue weighted by atomic mass is 9.56. The van der Waals surface area contributed by atoms with Gasteiger partial charge in [0, 0.05) is 11.0 Å². The Morgan fingerprint density at radius 3 is 2.29 bits per heavy atom. The van der Waals surface area contributed by atoms with Crippen molar-refractivity contribution in [2.75, 3.05) is 0 Å². The van der Waals surface area contributed by atoms with Gasteiger partial charge < -0.3 is 5.11 Å². The van der Waals surface area contributed by atoms with Gasteiger partial charge in [0.1, 0.15) is 5.75 Å². The highest BCUT2D eigenvalue weighted by Gasteiger charge is 2.61. The smallest absolute Gasteiger partial charge is 0.119 e. The summed E-state index contributed by atoms with van der Waals surface area (Å²) in [4.78, 5) is 0. The molecule has 17 heavy (non-hydrogen) atoms. The Balaban J connectivity index is 2.16. The second-order valence-corrected chi connectivity index (χ2v) is 6.65. The molecule has 2 bridgehead atoms. The Bertz CT molecular complexity index is 449. The number of para-hydroxylation sites is 1. The second kappa shape index (κ2) is 3.28. The van der Waals surface area contributed by atoms with Crippen molar-refractivity contribution < 1.29 is 5.11 Å². The summed E-state index contributed by atoms with van der Waals surface area (Å²) in [7, 11) is 0. The number of phenols is 1. The predicted molar refractivity (Wildman–Crippen MR) is 70.1 cm³/mol. The molecule has 0 saturated heterocycles. The fourth-order valence-electron chi connectivity index (χ4n) is 4.59. The summed E-state index contributed by atoms with van der Waals surface area (Å²) < 4.78 is 0. The van der Waals surface area contributed by atoms with E-state index in [1.807, 2.05) is 12.1 Å². The zero-order valence-corrected chi connectivity index (χ0v) is 11.0. The largest absolute Gasteiger partial charge is 0.508 e. The maximum absolute atomic E-state index is 10.2. The van der Waals surface area contributed by atoms with Crippen molar-refractivity contribution in [3.63, 3.8) is 0 Å². The summed E-state index contributed by atoms with van der Waals surface area (Å²) in [5.41, 5.74) is 1.60. The van der Waals surface area contributed by atoms with Crippen molar-refractivity contribution in [1.82, 2.24) is 0 Å². The first-order valence-corrected chi connectivity index (χ1v) is 6.76. The van der Waals surface area contributed by atoms with Gasteiger partial charge in [-0.25, -0.2) is 0 Å². The fraction of sp³-hybridized carbons (Fsp3) is 0.625. The number of rotatable bonds is 1. The van der Waals surface area contributed by atoms with E-state index in [0.717, 1.165) is 17.4 Å². The van der Waals surface area contributed by atoms with E-state index in [9.17, 15) is 5.11 Å². The van der Waals surface area contributed by atoms with Crippen LogP contribution in [0.4, 0.5) is 0 Å². The van der Waals surface area contributed by atoms with E-state index < -0.39 is 0 Å². The number of aromatic hydroxyl groups is 1. The molecule has 0 spiro atoms. The predicted octanol–water partition coefficient (Wildman–Crippen LogP) is 4.11. The van der Waals surface area contributed by atoms with Crippen LogP contribution in [0.15, 0.2) is 24.3 Å². The molecule has 0 radical (unpaired) electrons. The maximum Gasteiger partial charge on any atom is 0.119 e. The number of hydrogen-bond donors (Lipinski definition) is 1. The van der Waals surface area contributed by atoms with Gasteiger partial charge >= 0.3 is 0 Å². The Morgan fingerprint density at radius 2 is 1.71 bits per heavy atom. The summed E-state index contributed by atoms with van der Waals surface area (Å²) in [5.74, 6) is 2.06. The van der Waals surface area contributed by atoms with Crippen molar-refractivity contribution in [2.45, 2.75) is 45.4 Å². The van der Waals surface area contributed by atoms with Crippen LogP contribution in [0.3, 0.4) is 0 Å². The van der Waals surface area contributed by atoms with Gasteiger partial charge in [-0.2, -0.15) is 0 Å². The van der Waals surface area contributed by atoms with E-state index in [0.29, 0.717) is 11.2 Å². The Hall–Kier alpha value is -0.980. The van der Waals surface area contributed by atoms with Crippen LogP contribution in [0.5, 0.6) is 5.75 Å². The van der Waals surface area contributed by atoms with Crippen LogP contribution in [0.2, 0.25) is 0 Å². The molecule has 2 fully saturated rings. The average molecular weight is 230 g/mol. The molecule has 1 aromatic rings. The molecule has 0 aromatic heterocycles. The lowest BCUT2D eigenvalue weighted by Gasteiger charge is -2.48. The van der Waals surface area contributed by atoms with Crippen molar-refractivity contribution in [2.24, 2.45) is 17.3 Å². The summed E-state index contributed by atoms with van der Waals surface area (Å²) >= 11 is 0. The molecule has 1 N–H and O–H groups in total. The molecule has 2 saturated carbocycles. The first-order chi connectivity index (χ1) is 7.98. The molecule has 3 rings (SSSR count). The maximum atomic E-state index is 10.2. The molecule has 92 valence electrons. The minimum atomic E-state index is 0.140. The Labute approximate surface area is 104 Å². The van der Waals surface area contributed by atoms with E-state index in [1.54, 1.807) is 0 Å². The number of phenolic OH excluding ortho intramolecular Hbond substituents is 1. The fourth-order valence-corrected chi connectivity index (χ4v) is 4.59. The topological polar surface area (TPSA) is 20.2 Å². The van der Waals surface area contributed by atoms with E-state index in [4.69, 9.17) is 0 Å². The van der Waals surface area contributed by atoms with E-state index in [2.05, 4.69) is 32.9 Å². The molecule has 1 nitrogen and oxygen atoms in total. The van der Waals surface area contributed by atoms with Gasteiger partial charge in [-0.15, -0.1) is 0 Å². The van der Waals surface area contributed by atoms with Crippen LogP contribution in [-0.4, -0.2) is 5.11 Å². The molecule has 2 aliphatic carbocycles. The third kappa shape index (κ3) is 1.20. The standard InChI is InChI=1S/C16H22O/c1-15(2)11-8-9-12(10-11)16(15,3)13-6-4-5-7-14(13)17/h4-7,11-12,17H,8-10H2,1-3H3/t11-,12-,16-/m0/s1. The lowest BCUT2D eigenvalue weighted by molar-refractivity contribution is 0.0926. The van der Waals surface area contributed by atoms with Crippen LogP contribution < -0.4 is 0 Å². The number of benzene rings is 1. The van der Waals surface area contributed by atoms with E-state index >= 15 is 0 Å². The average Bonchev–Trinajstić information content (AvgIpc) is 2.83. The van der Waals surface area contributed by atoms with Gasteiger partial charge in [-0.3, -0.25) is 0 Å². The molecular formula is C16H22O. The van der Waals surface area contributed by atoms with Crippen LogP contribution in [0.25, 0.3) is 0 Å². The molecule has 0 aliphatic heterocycles. The zero-order valence-electron chi connectivity index (χ0n) is 11.0. The van der Waals surface area contributed by atoms with Gasteiger partial charge in [0.15, 0.2) is 0 Å². The minimum absolute atomic E-state index is 0.140. The highest BCUT2D eigenvalue weighted by Crippen LogP contribution is 2.67. The molecule has 0 amide bonds. The first kappa shape index (κ1) is 11.1. The third-order valence-electron chi connectivity index (χ3n) is 6.07. The van der Waals surface area contributed by atoms with Gasteiger partial charge in [0.25, 0.3) is 0 Å².